The molecule has 0 aliphatic carbocycles. The summed E-state index contributed by atoms with van der Waals surface area (Å²) in [7, 11) is 0. The molecule has 0 spiro atoms. The largest absolute Gasteiger partial charge is 0.310 e. The Hall–Kier alpha value is -0.540. The SMILES string of the molecule is CCNC1CCSc2cc(F)ccc21. The van der Waals surface area contributed by atoms with Gasteiger partial charge in [0.25, 0.3) is 0 Å². The maximum absolute atomic E-state index is 13.0. The molecule has 1 atom stereocenters. The number of halogens is 1. The molecular formula is C11H14FNS. The van der Waals surface area contributed by atoms with E-state index in [1.54, 1.807) is 23.9 Å². The zero-order chi connectivity index (χ0) is 9.97. The number of rotatable bonds is 2. The zero-order valence-corrected chi connectivity index (χ0v) is 9.03. The Bertz CT molecular complexity index is 327. The van der Waals surface area contributed by atoms with Gasteiger partial charge >= 0.3 is 0 Å². The molecule has 0 fully saturated rings. The van der Waals surface area contributed by atoms with Crippen LogP contribution in [-0.2, 0) is 0 Å². The highest BCUT2D eigenvalue weighted by Gasteiger charge is 2.19. The number of benzene rings is 1. The van der Waals surface area contributed by atoms with Crippen LogP contribution in [0.1, 0.15) is 24.9 Å². The van der Waals surface area contributed by atoms with Crippen LogP contribution in [0, 0.1) is 5.82 Å². The third-order valence-corrected chi connectivity index (χ3v) is 3.57. The molecule has 1 aromatic rings. The van der Waals surface area contributed by atoms with E-state index in [2.05, 4.69) is 12.2 Å². The average Bonchev–Trinajstić information content (AvgIpc) is 2.18. The molecule has 1 unspecified atom stereocenters. The van der Waals surface area contributed by atoms with Crippen molar-refractivity contribution in [2.75, 3.05) is 12.3 Å². The van der Waals surface area contributed by atoms with Crippen LogP contribution in [0.4, 0.5) is 4.39 Å². The van der Waals surface area contributed by atoms with Gasteiger partial charge in [-0.3, -0.25) is 0 Å². The quantitative estimate of drug-likeness (QED) is 0.807. The molecule has 0 saturated carbocycles. The fourth-order valence-corrected chi connectivity index (χ4v) is 2.97. The highest BCUT2D eigenvalue weighted by Crippen LogP contribution is 2.36. The summed E-state index contributed by atoms with van der Waals surface area (Å²) in [4.78, 5) is 1.10. The molecule has 1 heterocycles. The summed E-state index contributed by atoms with van der Waals surface area (Å²) in [5, 5.41) is 3.42. The standard InChI is InChI=1S/C11H14FNS/c1-2-13-10-5-6-14-11-7-8(12)3-4-9(10)11/h3-4,7,10,13H,2,5-6H2,1H3. The molecule has 0 saturated heterocycles. The van der Waals surface area contributed by atoms with Gasteiger partial charge in [0.2, 0.25) is 0 Å². The van der Waals surface area contributed by atoms with Crippen LogP contribution in [0.3, 0.4) is 0 Å². The van der Waals surface area contributed by atoms with Crippen molar-refractivity contribution in [3.63, 3.8) is 0 Å². The van der Waals surface area contributed by atoms with E-state index in [-0.39, 0.29) is 5.82 Å². The average molecular weight is 211 g/mol. The molecule has 76 valence electrons. The number of nitrogens with one attached hydrogen (secondary N) is 1. The van der Waals surface area contributed by atoms with Crippen molar-refractivity contribution in [3.8, 4) is 0 Å². The molecular weight excluding hydrogens is 197 g/mol. The van der Waals surface area contributed by atoms with Gasteiger partial charge in [0.15, 0.2) is 0 Å². The second-order valence-electron chi connectivity index (χ2n) is 3.43. The fraction of sp³-hybridized carbons (Fsp3) is 0.455. The van der Waals surface area contributed by atoms with E-state index in [4.69, 9.17) is 0 Å². The fourth-order valence-electron chi connectivity index (χ4n) is 1.82. The summed E-state index contributed by atoms with van der Waals surface area (Å²) in [5.41, 5.74) is 1.25. The lowest BCUT2D eigenvalue weighted by molar-refractivity contribution is 0.524. The zero-order valence-electron chi connectivity index (χ0n) is 8.22. The first-order chi connectivity index (χ1) is 6.81. The Morgan fingerprint density at radius 2 is 2.43 bits per heavy atom. The summed E-state index contributed by atoms with van der Waals surface area (Å²) < 4.78 is 13.0. The van der Waals surface area contributed by atoms with Gasteiger partial charge in [0.05, 0.1) is 0 Å². The third kappa shape index (κ3) is 1.93. The number of fused-ring (bicyclic) bond motifs is 1. The van der Waals surface area contributed by atoms with Crippen LogP contribution in [0.5, 0.6) is 0 Å². The number of hydrogen-bond acceptors (Lipinski definition) is 2. The van der Waals surface area contributed by atoms with E-state index < -0.39 is 0 Å². The molecule has 1 aliphatic rings. The second kappa shape index (κ2) is 4.32. The first-order valence-corrected chi connectivity index (χ1v) is 5.95. The van der Waals surface area contributed by atoms with Crippen molar-refractivity contribution in [2.45, 2.75) is 24.3 Å². The van der Waals surface area contributed by atoms with Crippen LogP contribution in [0.25, 0.3) is 0 Å². The van der Waals surface area contributed by atoms with E-state index >= 15 is 0 Å². The normalized spacial score (nSPS) is 20.6. The highest BCUT2D eigenvalue weighted by molar-refractivity contribution is 7.99. The Kier molecular flexibility index (Phi) is 3.08. The van der Waals surface area contributed by atoms with Gasteiger partial charge in [-0.05, 0) is 36.4 Å². The predicted molar refractivity (Wildman–Crippen MR) is 58.2 cm³/mol. The van der Waals surface area contributed by atoms with Crippen molar-refractivity contribution in [1.82, 2.24) is 5.32 Å². The summed E-state index contributed by atoms with van der Waals surface area (Å²) in [6, 6.07) is 5.51. The van der Waals surface area contributed by atoms with E-state index in [0.717, 1.165) is 23.6 Å². The minimum Gasteiger partial charge on any atom is -0.310 e. The maximum Gasteiger partial charge on any atom is 0.124 e. The van der Waals surface area contributed by atoms with Gasteiger partial charge in [-0.1, -0.05) is 13.0 Å². The molecule has 1 nitrogen and oxygen atoms in total. The molecule has 0 amide bonds. The first kappa shape index (κ1) is 9.99. The molecule has 1 aromatic carbocycles. The molecule has 3 heteroatoms. The molecule has 0 bridgehead atoms. The molecule has 0 radical (unpaired) electrons. The topological polar surface area (TPSA) is 12.0 Å². The summed E-state index contributed by atoms with van der Waals surface area (Å²) in [5.74, 6) is 0.946. The van der Waals surface area contributed by atoms with Crippen molar-refractivity contribution in [1.29, 1.82) is 0 Å². The predicted octanol–water partition coefficient (Wildman–Crippen LogP) is 2.97. The van der Waals surface area contributed by atoms with Crippen LogP contribution < -0.4 is 5.32 Å². The van der Waals surface area contributed by atoms with Crippen LogP contribution in [0.15, 0.2) is 23.1 Å². The minimum atomic E-state index is -0.131. The number of thioether (sulfide) groups is 1. The van der Waals surface area contributed by atoms with Gasteiger partial charge in [0.1, 0.15) is 5.82 Å². The molecule has 1 N–H and O–H groups in total. The lowest BCUT2D eigenvalue weighted by Crippen LogP contribution is -2.24. The number of hydrogen-bond donors (Lipinski definition) is 1. The summed E-state index contributed by atoms with van der Waals surface area (Å²) in [6.45, 7) is 3.07. The first-order valence-electron chi connectivity index (χ1n) is 4.97. The highest BCUT2D eigenvalue weighted by atomic mass is 32.2. The van der Waals surface area contributed by atoms with E-state index in [9.17, 15) is 4.39 Å². The lowest BCUT2D eigenvalue weighted by Gasteiger charge is -2.25. The molecule has 0 aromatic heterocycles. The van der Waals surface area contributed by atoms with Gasteiger partial charge < -0.3 is 5.32 Å². The lowest BCUT2D eigenvalue weighted by atomic mass is 10.0. The van der Waals surface area contributed by atoms with Crippen molar-refractivity contribution in [2.24, 2.45) is 0 Å². The molecule has 2 rings (SSSR count). The summed E-state index contributed by atoms with van der Waals surface area (Å²) >= 11 is 1.75. The Morgan fingerprint density at radius 3 is 3.21 bits per heavy atom. The van der Waals surface area contributed by atoms with Crippen LogP contribution in [0.2, 0.25) is 0 Å². The smallest absolute Gasteiger partial charge is 0.124 e. The van der Waals surface area contributed by atoms with Crippen molar-refractivity contribution >= 4 is 11.8 Å². The van der Waals surface area contributed by atoms with Crippen molar-refractivity contribution < 1.29 is 4.39 Å². The maximum atomic E-state index is 13.0. The monoisotopic (exact) mass is 211 g/mol. The second-order valence-corrected chi connectivity index (χ2v) is 4.57. The minimum absolute atomic E-state index is 0.131. The van der Waals surface area contributed by atoms with E-state index in [1.807, 2.05) is 6.07 Å². The summed E-state index contributed by atoms with van der Waals surface area (Å²) in [6.07, 6.45) is 1.14. The Balaban J connectivity index is 2.30. The van der Waals surface area contributed by atoms with Gasteiger partial charge in [-0.15, -0.1) is 11.8 Å². The van der Waals surface area contributed by atoms with Crippen LogP contribution >= 0.6 is 11.8 Å². The van der Waals surface area contributed by atoms with Gasteiger partial charge in [-0.2, -0.15) is 0 Å². The van der Waals surface area contributed by atoms with Crippen LogP contribution in [-0.4, -0.2) is 12.3 Å². The van der Waals surface area contributed by atoms with Crippen molar-refractivity contribution in [3.05, 3.63) is 29.6 Å². The Labute approximate surface area is 88.1 Å². The third-order valence-electron chi connectivity index (χ3n) is 2.47. The van der Waals surface area contributed by atoms with E-state index in [1.165, 1.54) is 5.56 Å². The van der Waals surface area contributed by atoms with Gasteiger partial charge in [0, 0.05) is 10.9 Å². The van der Waals surface area contributed by atoms with Gasteiger partial charge in [-0.25, -0.2) is 4.39 Å². The van der Waals surface area contributed by atoms with E-state index in [0.29, 0.717) is 6.04 Å². The molecule has 14 heavy (non-hydrogen) atoms. The Morgan fingerprint density at radius 1 is 1.57 bits per heavy atom. The molecule has 1 aliphatic heterocycles.